The highest BCUT2D eigenvalue weighted by Gasteiger charge is 2.13. The minimum atomic E-state index is -0.418. The van der Waals surface area contributed by atoms with E-state index in [0.29, 0.717) is 11.2 Å². The van der Waals surface area contributed by atoms with Crippen molar-refractivity contribution in [3.05, 3.63) is 66.4 Å². The Balaban J connectivity index is 1.31. The third kappa shape index (κ3) is 4.15. The second-order valence-electron chi connectivity index (χ2n) is 7.54. The highest BCUT2D eigenvalue weighted by molar-refractivity contribution is 5.82. The van der Waals surface area contributed by atoms with Gasteiger partial charge in [0.2, 0.25) is 5.88 Å². The van der Waals surface area contributed by atoms with Gasteiger partial charge in [0.1, 0.15) is 12.1 Å². The first-order valence-electron chi connectivity index (χ1n) is 10.3. The van der Waals surface area contributed by atoms with Crippen molar-refractivity contribution >= 4 is 28.1 Å². The molecule has 1 aliphatic rings. The quantitative estimate of drug-likeness (QED) is 0.447. The van der Waals surface area contributed by atoms with Gasteiger partial charge in [0.15, 0.2) is 11.6 Å². The molecule has 8 heteroatoms. The molecule has 158 valence electrons. The van der Waals surface area contributed by atoms with Crippen molar-refractivity contribution in [3.8, 4) is 11.6 Å². The zero-order chi connectivity index (χ0) is 21.2. The maximum Gasteiger partial charge on any atom is 0.224 e. The zero-order valence-corrected chi connectivity index (χ0v) is 17.2. The van der Waals surface area contributed by atoms with Crippen molar-refractivity contribution in [2.24, 2.45) is 0 Å². The number of rotatable bonds is 5. The van der Waals surface area contributed by atoms with E-state index in [0.717, 1.165) is 43.1 Å². The normalized spacial score (nSPS) is 14.1. The Hall–Kier alpha value is -3.65. The second kappa shape index (κ2) is 8.23. The molecule has 0 saturated carbocycles. The summed E-state index contributed by atoms with van der Waals surface area (Å²) in [7, 11) is 0. The number of aryl methyl sites for hydroxylation is 1. The van der Waals surface area contributed by atoms with Gasteiger partial charge in [-0.15, -0.1) is 0 Å². The minimum Gasteiger partial charge on any atom is -0.436 e. The molecule has 31 heavy (non-hydrogen) atoms. The second-order valence-corrected chi connectivity index (χ2v) is 7.54. The van der Waals surface area contributed by atoms with Crippen LogP contribution in [-0.4, -0.2) is 41.1 Å². The van der Waals surface area contributed by atoms with Crippen molar-refractivity contribution in [2.75, 3.05) is 36.4 Å². The van der Waals surface area contributed by atoms with Gasteiger partial charge in [-0.3, -0.25) is 0 Å². The SMILES string of the molecule is Cc1cc2c(F)c(Oc3cc(Nc4ccc(N5CCNCC5)cc4)ncn3)ccc2[nH]1. The lowest BCUT2D eigenvalue weighted by molar-refractivity contribution is 0.430. The molecule has 0 spiro atoms. The molecular formula is C23H23FN6O. The Morgan fingerprint density at radius 1 is 1.03 bits per heavy atom. The van der Waals surface area contributed by atoms with Crippen molar-refractivity contribution in [1.29, 1.82) is 0 Å². The molecule has 4 aromatic rings. The Morgan fingerprint density at radius 2 is 1.84 bits per heavy atom. The maximum atomic E-state index is 14.8. The Bertz CT molecular complexity index is 1200. The van der Waals surface area contributed by atoms with E-state index in [4.69, 9.17) is 4.74 Å². The molecule has 0 unspecified atom stereocenters. The first kappa shape index (κ1) is 19.3. The average Bonchev–Trinajstić information content (AvgIpc) is 3.18. The Kier molecular flexibility index (Phi) is 5.13. The van der Waals surface area contributed by atoms with E-state index >= 15 is 0 Å². The van der Waals surface area contributed by atoms with Gasteiger partial charge in [0.25, 0.3) is 0 Å². The van der Waals surface area contributed by atoms with Crippen LogP contribution in [0.2, 0.25) is 0 Å². The summed E-state index contributed by atoms with van der Waals surface area (Å²) in [4.78, 5) is 13.8. The van der Waals surface area contributed by atoms with Crippen LogP contribution in [-0.2, 0) is 0 Å². The number of benzene rings is 2. The summed E-state index contributed by atoms with van der Waals surface area (Å²) in [6, 6.07) is 15.0. The average molecular weight is 418 g/mol. The highest BCUT2D eigenvalue weighted by Crippen LogP contribution is 2.30. The summed E-state index contributed by atoms with van der Waals surface area (Å²) in [5.74, 6) is 0.536. The lowest BCUT2D eigenvalue weighted by Crippen LogP contribution is -2.43. The molecule has 1 aliphatic heterocycles. The van der Waals surface area contributed by atoms with E-state index in [-0.39, 0.29) is 11.6 Å². The fourth-order valence-electron chi connectivity index (χ4n) is 3.77. The van der Waals surface area contributed by atoms with Crippen LogP contribution in [0.3, 0.4) is 0 Å². The van der Waals surface area contributed by atoms with Gasteiger partial charge in [0.05, 0.1) is 0 Å². The topological polar surface area (TPSA) is 78.1 Å². The first-order valence-corrected chi connectivity index (χ1v) is 10.3. The molecule has 0 radical (unpaired) electrons. The van der Waals surface area contributed by atoms with Gasteiger partial charge in [-0.1, -0.05) is 0 Å². The van der Waals surface area contributed by atoms with E-state index in [9.17, 15) is 4.39 Å². The molecule has 5 rings (SSSR count). The largest absolute Gasteiger partial charge is 0.436 e. The Labute approximate surface area is 179 Å². The number of H-pyrrole nitrogens is 1. The van der Waals surface area contributed by atoms with Crippen molar-refractivity contribution < 1.29 is 9.13 Å². The number of fused-ring (bicyclic) bond motifs is 1. The lowest BCUT2D eigenvalue weighted by Gasteiger charge is -2.29. The minimum absolute atomic E-state index is 0.122. The van der Waals surface area contributed by atoms with Crippen LogP contribution in [0.4, 0.5) is 21.6 Å². The summed E-state index contributed by atoms with van der Waals surface area (Å²) in [5, 5.41) is 7.10. The first-order chi connectivity index (χ1) is 15.2. The zero-order valence-electron chi connectivity index (χ0n) is 17.2. The third-order valence-electron chi connectivity index (χ3n) is 5.32. The van der Waals surface area contributed by atoms with Gasteiger partial charge in [-0.2, -0.15) is 0 Å². The smallest absolute Gasteiger partial charge is 0.224 e. The van der Waals surface area contributed by atoms with Gasteiger partial charge >= 0.3 is 0 Å². The molecule has 2 aromatic heterocycles. The van der Waals surface area contributed by atoms with Crippen molar-refractivity contribution in [2.45, 2.75) is 6.92 Å². The standard InChI is InChI=1S/C23H23FN6O/c1-15-12-18-19(28-15)6-7-20(23(18)24)31-22-13-21(26-14-27-22)29-16-2-4-17(5-3-16)30-10-8-25-9-11-30/h2-7,12-14,25,28H,8-11H2,1H3,(H,26,27,29). The Morgan fingerprint density at radius 3 is 2.65 bits per heavy atom. The van der Waals surface area contributed by atoms with Crippen molar-refractivity contribution in [1.82, 2.24) is 20.3 Å². The number of piperazine rings is 1. The molecule has 0 bridgehead atoms. The van der Waals surface area contributed by atoms with E-state index in [1.165, 1.54) is 12.0 Å². The predicted octanol–water partition coefficient (Wildman–Crippen LogP) is 4.35. The molecule has 0 aliphatic carbocycles. The molecular weight excluding hydrogens is 395 g/mol. The van der Waals surface area contributed by atoms with Crippen LogP contribution in [0, 0.1) is 12.7 Å². The predicted molar refractivity (Wildman–Crippen MR) is 120 cm³/mol. The van der Waals surface area contributed by atoms with E-state index in [1.54, 1.807) is 24.3 Å². The van der Waals surface area contributed by atoms with Gasteiger partial charge in [-0.05, 0) is 49.4 Å². The van der Waals surface area contributed by atoms with Crippen LogP contribution in [0.15, 0.2) is 54.9 Å². The molecule has 3 heterocycles. The number of nitrogens with zero attached hydrogens (tertiary/aromatic N) is 3. The summed E-state index contributed by atoms with van der Waals surface area (Å²) in [5.41, 5.74) is 3.72. The van der Waals surface area contributed by atoms with Crippen LogP contribution in [0.5, 0.6) is 11.6 Å². The summed E-state index contributed by atoms with van der Waals surface area (Å²) in [6.45, 7) is 5.90. The summed E-state index contributed by atoms with van der Waals surface area (Å²) >= 11 is 0. The number of ether oxygens (including phenoxy) is 1. The number of aromatic nitrogens is 3. The molecule has 3 N–H and O–H groups in total. The molecule has 0 atom stereocenters. The van der Waals surface area contributed by atoms with E-state index < -0.39 is 5.82 Å². The lowest BCUT2D eigenvalue weighted by atomic mass is 10.2. The van der Waals surface area contributed by atoms with Crippen LogP contribution in [0.25, 0.3) is 10.9 Å². The van der Waals surface area contributed by atoms with Gasteiger partial charge in [-0.25, -0.2) is 14.4 Å². The van der Waals surface area contributed by atoms with Crippen LogP contribution >= 0.6 is 0 Å². The van der Waals surface area contributed by atoms with Crippen LogP contribution in [0.1, 0.15) is 5.69 Å². The van der Waals surface area contributed by atoms with E-state index in [1.807, 2.05) is 19.1 Å². The number of nitrogens with one attached hydrogen (secondary N) is 3. The number of halogens is 1. The van der Waals surface area contributed by atoms with Crippen molar-refractivity contribution in [3.63, 3.8) is 0 Å². The number of hydrogen-bond acceptors (Lipinski definition) is 6. The third-order valence-corrected chi connectivity index (χ3v) is 5.32. The maximum absolute atomic E-state index is 14.8. The fraction of sp³-hybridized carbons (Fsp3) is 0.217. The van der Waals surface area contributed by atoms with E-state index in [2.05, 4.69) is 42.6 Å². The number of anilines is 3. The highest BCUT2D eigenvalue weighted by atomic mass is 19.1. The van der Waals surface area contributed by atoms with Gasteiger partial charge in [0, 0.05) is 60.2 Å². The number of aromatic amines is 1. The monoisotopic (exact) mass is 418 g/mol. The molecule has 2 aromatic carbocycles. The molecule has 1 saturated heterocycles. The summed E-state index contributed by atoms with van der Waals surface area (Å²) in [6.07, 6.45) is 1.39. The number of hydrogen-bond donors (Lipinski definition) is 3. The van der Waals surface area contributed by atoms with Gasteiger partial charge < -0.3 is 25.3 Å². The molecule has 1 fully saturated rings. The molecule has 7 nitrogen and oxygen atoms in total. The summed E-state index contributed by atoms with van der Waals surface area (Å²) < 4.78 is 20.5. The molecule has 0 amide bonds. The van der Waals surface area contributed by atoms with Crippen LogP contribution < -0.4 is 20.3 Å². The fourth-order valence-corrected chi connectivity index (χ4v) is 3.77.